The van der Waals surface area contributed by atoms with E-state index < -0.39 is 9.85 Å². The van der Waals surface area contributed by atoms with E-state index in [1.165, 1.54) is 44.9 Å². The molecule has 2 rings (SSSR count). The second kappa shape index (κ2) is 17.3. The van der Waals surface area contributed by atoms with Crippen molar-refractivity contribution in [2.24, 2.45) is 0 Å². The molecule has 0 atom stereocenters. The van der Waals surface area contributed by atoms with Gasteiger partial charge in [0.15, 0.2) is 0 Å². The lowest BCUT2D eigenvalue weighted by Gasteiger charge is -2.05. The number of esters is 1. The first-order valence-corrected chi connectivity index (χ1v) is 11.5. The molecular weight excluding hydrogens is 424 g/mol. The van der Waals surface area contributed by atoms with Crippen LogP contribution < -0.4 is 0 Å². The van der Waals surface area contributed by atoms with E-state index in [-0.39, 0.29) is 17.3 Å². The molecule has 0 heterocycles. The van der Waals surface area contributed by atoms with Crippen LogP contribution in [0.25, 0.3) is 0 Å². The predicted molar refractivity (Wildman–Crippen MR) is 128 cm³/mol. The molecule has 2 aromatic rings. The number of rotatable bonds is 14. The highest BCUT2D eigenvalue weighted by molar-refractivity contribution is 5.69. The summed E-state index contributed by atoms with van der Waals surface area (Å²) in [5, 5.41) is 20.2. The lowest BCUT2D eigenvalue weighted by molar-refractivity contribution is -0.389. The monoisotopic (exact) mass is 458 g/mol. The summed E-state index contributed by atoms with van der Waals surface area (Å²) in [7, 11) is 0. The van der Waals surface area contributed by atoms with Gasteiger partial charge in [-0.3, -0.25) is 25.0 Å². The molecule has 8 heteroatoms. The van der Waals surface area contributed by atoms with E-state index in [1.807, 2.05) is 30.3 Å². The van der Waals surface area contributed by atoms with Gasteiger partial charge in [-0.1, -0.05) is 88.6 Å². The molecule has 8 nitrogen and oxygen atoms in total. The van der Waals surface area contributed by atoms with Gasteiger partial charge in [0.2, 0.25) is 0 Å². The molecule has 0 bridgehead atoms. The topological polar surface area (TPSA) is 113 Å². The van der Waals surface area contributed by atoms with E-state index in [9.17, 15) is 25.0 Å². The lowest BCUT2D eigenvalue weighted by Crippen LogP contribution is -2.04. The molecule has 0 radical (unpaired) electrons. The van der Waals surface area contributed by atoms with Crippen LogP contribution in [0.4, 0.5) is 11.4 Å². The molecule has 0 fully saturated rings. The van der Waals surface area contributed by atoms with Gasteiger partial charge in [0, 0.05) is 30.7 Å². The fraction of sp³-hybridized carbons (Fsp3) is 0.480. The second-order valence-corrected chi connectivity index (χ2v) is 7.76. The zero-order valence-corrected chi connectivity index (χ0v) is 19.3. The Kier molecular flexibility index (Phi) is 14.5. The third-order valence-electron chi connectivity index (χ3n) is 5.00. The number of unbranched alkanes of at least 4 members (excludes halogenated alkanes) is 8. The zero-order chi connectivity index (χ0) is 24.3. The molecule has 33 heavy (non-hydrogen) atoms. The SMILES string of the molecule is CCCCCCCCCCCC(=O)OCc1ccccc1.O=[N+]([O-])c1ccc([N+](=O)[O-])cc1. The third-order valence-corrected chi connectivity index (χ3v) is 5.00. The van der Waals surface area contributed by atoms with Crippen LogP contribution in [0.2, 0.25) is 0 Å². The van der Waals surface area contributed by atoms with Crippen molar-refractivity contribution in [3.8, 4) is 0 Å². The normalized spacial score (nSPS) is 10.1. The molecule has 0 aromatic heterocycles. The Balaban J connectivity index is 0.000000383. The van der Waals surface area contributed by atoms with Crippen molar-refractivity contribution >= 4 is 17.3 Å². The maximum absolute atomic E-state index is 11.6. The first kappa shape index (κ1) is 27.7. The minimum atomic E-state index is -0.607. The maximum Gasteiger partial charge on any atom is 0.306 e. The average Bonchev–Trinajstić information content (AvgIpc) is 2.83. The molecule has 0 unspecified atom stereocenters. The van der Waals surface area contributed by atoms with Gasteiger partial charge in [-0.25, -0.2) is 0 Å². The van der Waals surface area contributed by atoms with Crippen molar-refractivity contribution in [3.05, 3.63) is 80.4 Å². The lowest BCUT2D eigenvalue weighted by atomic mass is 10.1. The molecule has 0 aliphatic carbocycles. The highest BCUT2D eigenvalue weighted by atomic mass is 16.6. The Labute approximate surface area is 195 Å². The van der Waals surface area contributed by atoms with Crippen LogP contribution in [0.3, 0.4) is 0 Å². The largest absolute Gasteiger partial charge is 0.461 e. The number of hydrogen-bond donors (Lipinski definition) is 0. The summed E-state index contributed by atoms with van der Waals surface area (Å²) in [4.78, 5) is 30.6. The van der Waals surface area contributed by atoms with E-state index in [0.717, 1.165) is 42.7 Å². The number of benzene rings is 2. The Hall–Kier alpha value is -3.29. The van der Waals surface area contributed by atoms with Crippen molar-refractivity contribution in [2.45, 2.75) is 77.7 Å². The van der Waals surface area contributed by atoms with E-state index in [2.05, 4.69) is 6.92 Å². The summed E-state index contributed by atoms with van der Waals surface area (Å²) >= 11 is 0. The standard InChI is InChI=1S/C19H30O2.C6H4N2O4/c1-2-3-4-5-6-7-8-9-13-16-19(20)21-17-18-14-11-10-12-15-18;9-7(10)5-1-2-6(4-3-5)8(11)12/h10-12,14-15H,2-9,13,16-17H2,1H3;1-4H. The van der Waals surface area contributed by atoms with Crippen LogP contribution in [-0.2, 0) is 16.1 Å². The van der Waals surface area contributed by atoms with Gasteiger partial charge in [0.25, 0.3) is 11.4 Å². The molecule has 0 amide bonds. The predicted octanol–water partition coefficient (Wildman–Crippen LogP) is 7.15. The van der Waals surface area contributed by atoms with Crippen molar-refractivity contribution in [1.82, 2.24) is 0 Å². The minimum Gasteiger partial charge on any atom is -0.461 e. The quantitative estimate of drug-likeness (QED) is 0.128. The van der Waals surface area contributed by atoms with Crippen LogP contribution in [-0.4, -0.2) is 15.8 Å². The summed E-state index contributed by atoms with van der Waals surface area (Å²) < 4.78 is 5.26. The van der Waals surface area contributed by atoms with Crippen LogP contribution in [0.15, 0.2) is 54.6 Å². The van der Waals surface area contributed by atoms with Crippen molar-refractivity contribution < 1.29 is 19.4 Å². The number of nitrogens with zero attached hydrogens (tertiary/aromatic N) is 2. The number of carbonyl (C=O) groups is 1. The second-order valence-electron chi connectivity index (χ2n) is 7.76. The summed E-state index contributed by atoms with van der Waals surface area (Å²) in [6, 6.07) is 14.2. The van der Waals surface area contributed by atoms with Crippen molar-refractivity contribution in [3.63, 3.8) is 0 Å². The Morgan fingerprint density at radius 3 is 1.64 bits per heavy atom. The van der Waals surface area contributed by atoms with Gasteiger partial charge in [-0.2, -0.15) is 0 Å². The summed E-state index contributed by atoms with van der Waals surface area (Å²) in [5.41, 5.74) is 0.749. The Bertz CT molecular complexity index is 792. The molecular formula is C25H34N2O6. The van der Waals surface area contributed by atoms with Gasteiger partial charge in [-0.05, 0) is 12.0 Å². The number of nitro groups is 2. The van der Waals surface area contributed by atoms with Gasteiger partial charge < -0.3 is 4.74 Å². The van der Waals surface area contributed by atoms with Crippen LogP contribution >= 0.6 is 0 Å². The van der Waals surface area contributed by atoms with Gasteiger partial charge >= 0.3 is 5.97 Å². The highest BCUT2D eigenvalue weighted by Crippen LogP contribution is 2.16. The molecule has 0 N–H and O–H groups in total. The van der Waals surface area contributed by atoms with Crippen molar-refractivity contribution in [2.75, 3.05) is 0 Å². The minimum absolute atomic E-state index is 0.0678. The molecule has 0 aliphatic heterocycles. The molecule has 0 spiro atoms. The Morgan fingerprint density at radius 2 is 1.18 bits per heavy atom. The third kappa shape index (κ3) is 13.7. The number of hydrogen-bond acceptors (Lipinski definition) is 6. The molecule has 0 aliphatic rings. The fourth-order valence-electron chi connectivity index (χ4n) is 3.09. The molecule has 0 saturated heterocycles. The number of carbonyl (C=O) groups excluding carboxylic acids is 1. The highest BCUT2D eigenvalue weighted by Gasteiger charge is 2.09. The van der Waals surface area contributed by atoms with Gasteiger partial charge in [-0.15, -0.1) is 0 Å². The van der Waals surface area contributed by atoms with Crippen LogP contribution in [0.1, 0.15) is 76.7 Å². The van der Waals surface area contributed by atoms with E-state index >= 15 is 0 Å². The summed E-state index contributed by atoms with van der Waals surface area (Å²) in [6.45, 7) is 2.65. The summed E-state index contributed by atoms with van der Waals surface area (Å²) in [5.74, 6) is -0.0678. The Morgan fingerprint density at radius 1 is 0.727 bits per heavy atom. The van der Waals surface area contributed by atoms with Crippen LogP contribution in [0, 0.1) is 20.2 Å². The zero-order valence-electron chi connectivity index (χ0n) is 19.3. The van der Waals surface area contributed by atoms with Gasteiger partial charge in [0.05, 0.1) is 9.85 Å². The van der Waals surface area contributed by atoms with Gasteiger partial charge in [0.1, 0.15) is 6.61 Å². The molecule has 180 valence electrons. The number of non-ortho nitro benzene ring substituents is 2. The van der Waals surface area contributed by atoms with E-state index in [0.29, 0.717) is 13.0 Å². The first-order chi connectivity index (χ1) is 15.9. The fourth-order valence-corrected chi connectivity index (χ4v) is 3.09. The average molecular weight is 459 g/mol. The smallest absolute Gasteiger partial charge is 0.306 e. The molecule has 2 aromatic carbocycles. The van der Waals surface area contributed by atoms with E-state index in [4.69, 9.17) is 4.74 Å². The van der Waals surface area contributed by atoms with Crippen LogP contribution in [0.5, 0.6) is 0 Å². The summed E-state index contributed by atoms with van der Waals surface area (Å²) in [6.07, 6.45) is 12.0. The maximum atomic E-state index is 11.6. The van der Waals surface area contributed by atoms with E-state index in [1.54, 1.807) is 0 Å². The number of nitro benzene ring substituents is 2. The first-order valence-electron chi connectivity index (χ1n) is 11.5. The molecule has 0 saturated carbocycles. The van der Waals surface area contributed by atoms with Crippen molar-refractivity contribution in [1.29, 1.82) is 0 Å². The number of ether oxygens (including phenoxy) is 1.